The summed E-state index contributed by atoms with van der Waals surface area (Å²) < 4.78 is 23.2. The van der Waals surface area contributed by atoms with Crippen molar-refractivity contribution in [3.8, 4) is 0 Å². The van der Waals surface area contributed by atoms with Gasteiger partial charge in [0.15, 0.2) is 0 Å². The SMILES string of the molecule is CCCCCC/C=C/C=C/CCCCCCCC(=O)OCC(COC(=O)CCCCCCC/C=C/C=C/CCCCCC)(COC(=O)CCCCCCC/C=C/C=C/CCCCCC)NCCC(=O)OC(C)(C)C. The zero-order chi connectivity index (χ0) is 54.3. The van der Waals surface area contributed by atoms with Gasteiger partial charge in [-0.3, -0.25) is 19.2 Å². The van der Waals surface area contributed by atoms with E-state index in [4.69, 9.17) is 18.9 Å². The van der Waals surface area contributed by atoms with Crippen molar-refractivity contribution in [1.82, 2.24) is 5.32 Å². The second-order valence-corrected chi connectivity index (χ2v) is 21.6. The molecule has 0 aliphatic rings. The fourth-order valence-electron chi connectivity index (χ4n) is 8.27. The van der Waals surface area contributed by atoms with Crippen molar-refractivity contribution in [3.05, 3.63) is 72.9 Å². The molecule has 0 saturated heterocycles. The van der Waals surface area contributed by atoms with E-state index in [9.17, 15) is 19.2 Å². The van der Waals surface area contributed by atoms with Crippen LogP contribution >= 0.6 is 0 Å². The van der Waals surface area contributed by atoms with Crippen LogP contribution in [-0.2, 0) is 38.1 Å². The maximum Gasteiger partial charge on any atom is 0.307 e. The molecule has 0 aromatic rings. The minimum absolute atomic E-state index is 0.0255. The Hall–Kier alpha value is -3.72. The molecule has 0 unspecified atom stereocenters. The van der Waals surface area contributed by atoms with Crippen LogP contribution in [0.15, 0.2) is 72.9 Å². The number of hydrogen-bond acceptors (Lipinski definition) is 9. The van der Waals surface area contributed by atoms with Crippen molar-refractivity contribution < 1.29 is 38.1 Å². The average Bonchev–Trinajstić information content (AvgIpc) is 3.37. The highest BCUT2D eigenvalue weighted by atomic mass is 16.6. The third-order valence-electron chi connectivity index (χ3n) is 12.9. The normalized spacial score (nSPS) is 12.5. The van der Waals surface area contributed by atoms with E-state index < -0.39 is 17.1 Å². The number of allylic oxidation sites excluding steroid dienone is 12. The summed E-state index contributed by atoms with van der Waals surface area (Å²) in [4.78, 5) is 52.4. The summed E-state index contributed by atoms with van der Waals surface area (Å²) in [6.45, 7) is 11.7. The van der Waals surface area contributed by atoms with Crippen LogP contribution in [0.1, 0.15) is 279 Å². The van der Waals surface area contributed by atoms with Gasteiger partial charge in [0.25, 0.3) is 0 Å². The number of unbranched alkanes of at least 4 members (excludes halogenated alkanes) is 27. The molecule has 0 fully saturated rings. The molecule has 0 aliphatic carbocycles. The summed E-state index contributed by atoms with van der Waals surface area (Å²) in [5.41, 5.74) is -1.91. The van der Waals surface area contributed by atoms with Crippen LogP contribution in [0.25, 0.3) is 0 Å². The highest BCUT2D eigenvalue weighted by Crippen LogP contribution is 2.17. The molecular formula is C65H113NO8. The first-order chi connectivity index (χ1) is 36.0. The summed E-state index contributed by atoms with van der Waals surface area (Å²) in [6.07, 6.45) is 63.9. The molecule has 1 N–H and O–H groups in total. The second kappa shape index (κ2) is 52.7. The summed E-state index contributed by atoms with van der Waals surface area (Å²) in [5, 5.41) is 3.32. The van der Waals surface area contributed by atoms with E-state index in [0.717, 1.165) is 116 Å². The average molecular weight is 1040 g/mol. The molecule has 9 heteroatoms. The number of rotatable bonds is 52. The molecule has 426 valence electrons. The smallest absolute Gasteiger partial charge is 0.307 e. The van der Waals surface area contributed by atoms with Gasteiger partial charge in [0.1, 0.15) is 31.0 Å². The minimum atomic E-state index is -1.25. The molecule has 0 atom stereocenters. The van der Waals surface area contributed by atoms with Gasteiger partial charge in [0.05, 0.1) is 6.42 Å². The lowest BCUT2D eigenvalue weighted by molar-refractivity contribution is -0.160. The Morgan fingerprint density at radius 1 is 0.338 bits per heavy atom. The highest BCUT2D eigenvalue weighted by Gasteiger charge is 2.36. The van der Waals surface area contributed by atoms with Gasteiger partial charge in [-0.2, -0.15) is 0 Å². The minimum Gasteiger partial charge on any atom is -0.463 e. The number of ether oxygens (including phenoxy) is 4. The van der Waals surface area contributed by atoms with Gasteiger partial charge in [-0.25, -0.2) is 0 Å². The van der Waals surface area contributed by atoms with Crippen molar-refractivity contribution in [2.45, 2.75) is 290 Å². The van der Waals surface area contributed by atoms with Gasteiger partial charge >= 0.3 is 23.9 Å². The lowest BCUT2D eigenvalue weighted by Gasteiger charge is -2.33. The number of nitrogens with one attached hydrogen (secondary N) is 1. The monoisotopic (exact) mass is 1040 g/mol. The number of carbonyl (C=O) groups is 4. The van der Waals surface area contributed by atoms with Gasteiger partial charge in [0, 0.05) is 25.8 Å². The standard InChI is InChI=1S/C65H113NO8/c1-7-10-13-16-19-22-25-28-31-34-37-40-43-46-49-52-60(67)71-57-65(66-56-55-63(70)74-64(4,5)6,58-72-61(68)53-50-47-44-41-38-35-32-29-26-23-20-17-14-11-8-2)59-73-62(69)54-51-48-45-42-39-36-33-30-27-24-21-18-15-12-9-3/h22-33,66H,7-21,34-59H2,1-6H3/b25-22+,26-23+,27-24+,31-28+,32-29+,33-30+. The molecular weight excluding hydrogens is 923 g/mol. The van der Waals surface area contributed by atoms with E-state index in [0.29, 0.717) is 19.3 Å². The van der Waals surface area contributed by atoms with E-state index in [2.05, 4.69) is 99.0 Å². The molecule has 9 nitrogen and oxygen atoms in total. The van der Waals surface area contributed by atoms with E-state index in [1.54, 1.807) is 0 Å². The summed E-state index contributed by atoms with van der Waals surface area (Å²) in [7, 11) is 0. The lowest BCUT2D eigenvalue weighted by Crippen LogP contribution is -2.58. The Bertz CT molecular complexity index is 1370. The molecule has 0 spiro atoms. The third kappa shape index (κ3) is 51.8. The molecule has 0 radical (unpaired) electrons. The summed E-state index contributed by atoms with van der Waals surface area (Å²) >= 11 is 0. The number of esters is 4. The molecule has 0 aromatic carbocycles. The summed E-state index contributed by atoms with van der Waals surface area (Å²) in [6, 6.07) is 0. The van der Waals surface area contributed by atoms with Crippen LogP contribution in [0.5, 0.6) is 0 Å². The summed E-state index contributed by atoms with van der Waals surface area (Å²) in [5.74, 6) is -1.48. The number of hydrogen-bond donors (Lipinski definition) is 1. The second-order valence-electron chi connectivity index (χ2n) is 21.6. The maximum absolute atomic E-state index is 13.2. The van der Waals surface area contributed by atoms with Crippen molar-refractivity contribution >= 4 is 23.9 Å². The van der Waals surface area contributed by atoms with Gasteiger partial charge in [-0.15, -0.1) is 0 Å². The molecule has 0 heterocycles. The van der Waals surface area contributed by atoms with E-state index in [-0.39, 0.29) is 70.0 Å². The largest absolute Gasteiger partial charge is 0.463 e. The Morgan fingerprint density at radius 3 is 0.865 bits per heavy atom. The van der Waals surface area contributed by atoms with Crippen LogP contribution in [0.4, 0.5) is 0 Å². The third-order valence-corrected chi connectivity index (χ3v) is 12.9. The molecule has 0 saturated carbocycles. The van der Waals surface area contributed by atoms with Crippen LogP contribution in [0, 0.1) is 0 Å². The molecule has 74 heavy (non-hydrogen) atoms. The first kappa shape index (κ1) is 70.3. The molecule has 0 aromatic heterocycles. The van der Waals surface area contributed by atoms with Crippen molar-refractivity contribution in [2.75, 3.05) is 26.4 Å². The predicted molar refractivity (Wildman–Crippen MR) is 312 cm³/mol. The zero-order valence-corrected chi connectivity index (χ0v) is 48.7. The Labute approximate surface area is 455 Å². The first-order valence-corrected chi connectivity index (χ1v) is 30.4. The zero-order valence-electron chi connectivity index (χ0n) is 48.7. The fraction of sp³-hybridized carbons (Fsp3) is 0.754. The van der Waals surface area contributed by atoms with Crippen LogP contribution in [0.2, 0.25) is 0 Å². The van der Waals surface area contributed by atoms with Crippen LogP contribution < -0.4 is 5.32 Å². The lowest BCUT2D eigenvalue weighted by atomic mass is 10.0. The topological polar surface area (TPSA) is 117 Å². The van der Waals surface area contributed by atoms with E-state index in [1.165, 1.54) is 77.0 Å². The van der Waals surface area contributed by atoms with E-state index >= 15 is 0 Å². The van der Waals surface area contributed by atoms with Gasteiger partial charge in [-0.1, -0.05) is 209 Å². The van der Waals surface area contributed by atoms with E-state index in [1.807, 2.05) is 20.8 Å². The molecule has 0 rings (SSSR count). The predicted octanol–water partition coefficient (Wildman–Crippen LogP) is 18.1. The quantitative estimate of drug-likeness (QED) is 0.0275. The van der Waals surface area contributed by atoms with Crippen molar-refractivity contribution in [3.63, 3.8) is 0 Å². The maximum atomic E-state index is 13.2. The van der Waals surface area contributed by atoms with Crippen molar-refractivity contribution in [2.24, 2.45) is 0 Å². The van der Waals surface area contributed by atoms with Gasteiger partial charge < -0.3 is 24.3 Å². The molecule has 0 bridgehead atoms. The Balaban J connectivity index is 5.37. The Morgan fingerprint density at radius 2 is 0.595 bits per heavy atom. The Kier molecular flexibility index (Phi) is 50.1. The first-order valence-electron chi connectivity index (χ1n) is 30.4. The molecule has 0 aliphatic heterocycles. The number of carbonyl (C=O) groups excluding carboxylic acids is 4. The molecule has 0 amide bonds. The van der Waals surface area contributed by atoms with Crippen LogP contribution in [-0.4, -0.2) is 61.4 Å². The van der Waals surface area contributed by atoms with Gasteiger partial charge in [-0.05, 0) is 117 Å². The highest BCUT2D eigenvalue weighted by molar-refractivity contribution is 5.71. The van der Waals surface area contributed by atoms with Gasteiger partial charge in [0.2, 0.25) is 0 Å². The van der Waals surface area contributed by atoms with Crippen molar-refractivity contribution in [1.29, 1.82) is 0 Å². The van der Waals surface area contributed by atoms with Crippen LogP contribution in [0.3, 0.4) is 0 Å². The fourth-order valence-corrected chi connectivity index (χ4v) is 8.27.